The van der Waals surface area contributed by atoms with Gasteiger partial charge in [0, 0.05) is 16.0 Å². The molecule has 0 nitrogen and oxygen atoms in total. The maximum Gasteiger partial charge on any atom is 0.0647 e. The normalized spacial score (nSPS) is 13.0. The van der Waals surface area contributed by atoms with Gasteiger partial charge in [-0.3, -0.25) is 0 Å². The van der Waals surface area contributed by atoms with Crippen LogP contribution in [0.4, 0.5) is 0 Å². The monoisotopic (exact) mass is 278 g/mol. The lowest BCUT2D eigenvalue weighted by Crippen LogP contribution is -1.92. The van der Waals surface area contributed by atoms with Gasteiger partial charge in [-0.1, -0.05) is 24.3 Å². The van der Waals surface area contributed by atoms with Gasteiger partial charge in [0.15, 0.2) is 0 Å². The van der Waals surface area contributed by atoms with Gasteiger partial charge < -0.3 is 0 Å². The molecule has 0 aliphatic carbocycles. The smallest absolute Gasteiger partial charge is 0.0647 e. The average Bonchev–Trinajstić information content (AvgIpc) is 2.96. The summed E-state index contributed by atoms with van der Waals surface area (Å²) in [5.41, 5.74) is 1.26. The van der Waals surface area contributed by atoms with Crippen LogP contribution < -0.4 is 0 Å². The second-order valence-electron chi connectivity index (χ2n) is 3.94. The fraction of sp³-hybridized carbons (Fsp3) is 0.143. The van der Waals surface area contributed by atoms with Crippen LogP contribution in [-0.4, -0.2) is 0 Å². The van der Waals surface area contributed by atoms with E-state index in [0.717, 1.165) is 6.42 Å². The molecule has 3 aromatic rings. The van der Waals surface area contributed by atoms with E-state index >= 15 is 0 Å². The third-order valence-corrected chi connectivity index (χ3v) is 5.08. The first-order chi connectivity index (χ1) is 8.34. The van der Waals surface area contributed by atoms with Gasteiger partial charge in [-0.25, -0.2) is 0 Å². The zero-order chi connectivity index (χ0) is 11.7. The van der Waals surface area contributed by atoms with Crippen LogP contribution in [0.3, 0.4) is 0 Å². The van der Waals surface area contributed by atoms with Crippen molar-refractivity contribution in [3.8, 4) is 0 Å². The Morgan fingerprint density at radius 3 is 2.76 bits per heavy atom. The minimum Gasteiger partial charge on any atom is -0.149 e. The number of benzene rings is 1. The number of hydrogen-bond donors (Lipinski definition) is 0. The molecule has 2 aromatic heterocycles. The molecule has 0 fully saturated rings. The minimum atomic E-state index is 0.0739. The predicted molar refractivity (Wildman–Crippen MR) is 78.4 cm³/mol. The molecular formula is C14H11ClS2. The molecule has 0 saturated heterocycles. The lowest BCUT2D eigenvalue weighted by molar-refractivity contribution is 0.951. The van der Waals surface area contributed by atoms with E-state index in [4.69, 9.17) is 11.6 Å². The lowest BCUT2D eigenvalue weighted by Gasteiger charge is -2.06. The van der Waals surface area contributed by atoms with Crippen molar-refractivity contribution in [2.24, 2.45) is 0 Å². The molecule has 0 aliphatic heterocycles. The van der Waals surface area contributed by atoms with Crippen LogP contribution in [0.5, 0.6) is 0 Å². The molecule has 2 heterocycles. The summed E-state index contributed by atoms with van der Waals surface area (Å²) in [4.78, 5) is 1.35. The SMILES string of the molecule is ClC(Cc1cccs1)c1csc2ccccc12. The second-order valence-corrected chi connectivity index (χ2v) is 6.41. The van der Waals surface area contributed by atoms with Crippen molar-refractivity contribution in [2.75, 3.05) is 0 Å². The van der Waals surface area contributed by atoms with Gasteiger partial charge in [-0.05, 0) is 33.8 Å². The van der Waals surface area contributed by atoms with Gasteiger partial charge in [-0.15, -0.1) is 34.3 Å². The van der Waals surface area contributed by atoms with Crippen molar-refractivity contribution in [1.82, 2.24) is 0 Å². The van der Waals surface area contributed by atoms with Gasteiger partial charge in [0.2, 0.25) is 0 Å². The number of halogens is 1. The Balaban J connectivity index is 1.93. The van der Waals surface area contributed by atoms with Crippen LogP contribution >= 0.6 is 34.3 Å². The summed E-state index contributed by atoms with van der Waals surface area (Å²) in [6, 6.07) is 12.7. The third kappa shape index (κ3) is 2.25. The molecule has 3 rings (SSSR count). The van der Waals surface area contributed by atoms with Crippen molar-refractivity contribution in [3.05, 3.63) is 57.6 Å². The Hall–Kier alpha value is -0.830. The van der Waals surface area contributed by atoms with Crippen LogP contribution in [0, 0.1) is 0 Å². The third-order valence-electron chi connectivity index (χ3n) is 2.81. The summed E-state index contributed by atoms with van der Waals surface area (Å²) in [6.45, 7) is 0. The maximum atomic E-state index is 6.53. The standard InChI is InChI=1S/C14H11ClS2/c15-13(8-10-4-3-7-16-10)12-9-17-14-6-2-1-5-11(12)14/h1-7,9,13H,8H2. The first kappa shape index (κ1) is 11.3. The first-order valence-corrected chi connectivity index (χ1v) is 7.67. The Morgan fingerprint density at radius 1 is 1.06 bits per heavy atom. The highest BCUT2D eigenvalue weighted by Crippen LogP contribution is 2.35. The topological polar surface area (TPSA) is 0 Å². The quantitative estimate of drug-likeness (QED) is 0.556. The number of thiophene rings is 2. The van der Waals surface area contributed by atoms with E-state index < -0.39 is 0 Å². The van der Waals surface area contributed by atoms with Crippen LogP contribution in [0.1, 0.15) is 15.8 Å². The van der Waals surface area contributed by atoms with E-state index in [1.807, 2.05) is 0 Å². The fourth-order valence-electron chi connectivity index (χ4n) is 1.96. The van der Waals surface area contributed by atoms with E-state index in [-0.39, 0.29) is 5.38 Å². The van der Waals surface area contributed by atoms with E-state index in [1.165, 1.54) is 20.5 Å². The van der Waals surface area contributed by atoms with E-state index in [9.17, 15) is 0 Å². The predicted octanol–water partition coefficient (Wildman–Crippen LogP) is 5.49. The van der Waals surface area contributed by atoms with E-state index in [2.05, 4.69) is 47.2 Å². The van der Waals surface area contributed by atoms with Crippen molar-refractivity contribution < 1.29 is 0 Å². The average molecular weight is 279 g/mol. The van der Waals surface area contributed by atoms with Crippen LogP contribution in [0.2, 0.25) is 0 Å². The molecule has 1 atom stereocenters. The molecule has 3 heteroatoms. The molecule has 1 unspecified atom stereocenters. The van der Waals surface area contributed by atoms with Crippen LogP contribution in [0.15, 0.2) is 47.2 Å². The minimum absolute atomic E-state index is 0.0739. The maximum absolute atomic E-state index is 6.53. The van der Waals surface area contributed by atoms with Crippen LogP contribution in [-0.2, 0) is 6.42 Å². The molecule has 1 aromatic carbocycles. The summed E-state index contributed by atoms with van der Waals surface area (Å²) >= 11 is 10.1. The molecular weight excluding hydrogens is 268 g/mol. The number of alkyl halides is 1. The summed E-state index contributed by atoms with van der Waals surface area (Å²) in [5.74, 6) is 0. The van der Waals surface area contributed by atoms with Gasteiger partial charge >= 0.3 is 0 Å². The zero-order valence-electron chi connectivity index (χ0n) is 9.10. The highest BCUT2D eigenvalue weighted by molar-refractivity contribution is 7.17. The van der Waals surface area contributed by atoms with Gasteiger partial charge in [0.05, 0.1) is 5.38 Å². The summed E-state index contributed by atoms with van der Waals surface area (Å²) in [5, 5.41) is 5.67. The number of rotatable bonds is 3. The molecule has 86 valence electrons. The van der Waals surface area contributed by atoms with E-state index in [1.54, 1.807) is 22.7 Å². The Morgan fingerprint density at radius 2 is 1.94 bits per heavy atom. The summed E-state index contributed by atoms with van der Waals surface area (Å²) in [7, 11) is 0. The number of fused-ring (bicyclic) bond motifs is 1. The van der Waals surface area contributed by atoms with Crippen molar-refractivity contribution in [3.63, 3.8) is 0 Å². The van der Waals surface area contributed by atoms with Gasteiger partial charge in [-0.2, -0.15) is 0 Å². The van der Waals surface area contributed by atoms with Gasteiger partial charge in [0.1, 0.15) is 0 Å². The van der Waals surface area contributed by atoms with E-state index in [0.29, 0.717) is 0 Å². The molecule has 0 bridgehead atoms. The Labute approximate surface area is 113 Å². The Kier molecular flexibility index (Phi) is 3.19. The molecule has 0 aliphatic rings. The first-order valence-electron chi connectivity index (χ1n) is 5.47. The highest BCUT2D eigenvalue weighted by Gasteiger charge is 2.14. The van der Waals surface area contributed by atoms with Crippen molar-refractivity contribution >= 4 is 44.4 Å². The molecule has 0 N–H and O–H groups in total. The molecule has 17 heavy (non-hydrogen) atoms. The van der Waals surface area contributed by atoms with Gasteiger partial charge in [0.25, 0.3) is 0 Å². The summed E-state index contributed by atoms with van der Waals surface area (Å²) < 4.78 is 1.32. The lowest BCUT2D eigenvalue weighted by atomic mass is 10.1. The molecule has 0 radical (unpaired) electrons. The van der Waals surface area contributed by atoms with Crippen LogP contribution in [0.25, 0.3) is 10.1 Å². The highest BCUT2D eigenvalue weighted by atomic mass is 35.5. The molecule has 0 amide bonds. The second kappa shape index (κ2) is 4.81. The fourth-order valence-corrected chi connectivity index (χ4v) is 4.24. The zero-order valence-corrected chi connectivity index (χ0v) is 11.5. The Bertz CT molecular complexity index is 610. The van der Waals surface area contributed by atoms with Crippen molar-refractivity contribution in [2.45, 2.75) is 11.8 Å². The summed E-state index contributed by atoms with van der Waals surface area (Å²) in [6.07, 6.45) is 0.917. The largest absolute Gasteiger partial charge is 0.149 e. The van der Waals surface area contributed by atoms with Crippen molar-refractivity contribution in [1.29, 1.82) is 0 Å². The molecule has 0 saturated carbocycles. The number of hydrogen-bond acceptors (Lipinski definition) is 2. The molecule has 0 spiro atoms.